The lowest BCUT2D eigenvalue weighted by Gasteiger charge is -2.28. The Morgan fingerprint density at radius 1 is 0.963 bits per heavy atom. The maximum Gasteiger partial charge on any atom is 0.200 e. The van der Waals surface area contributed by atoms with Crippen LogP contribution in [0.15, 0.2) is 78.4 Å². The molecule has 0 aromatic heterocycles. The van der Waals surface area contributed by atoms with Crippen LogP contribution in [0.25, 0.3) is 6.08 Å². The summed E-state index contributed by atoms with van der Waals surface area (Å²) in [5.41, 5.74) is 2.40. The molecule has 1 aliphatic rings. The van der Waals surface area contributed by atoms with E-state index in [-0.39, 0.29) is 17.1 Å². The number of rotatable bonds is 3. The molecule has 3 aromatic rings. The van der Waals surface area contributed by atoms with Crippen molar-refractivity contribution >= 4 is 11.9 Å². The monoisotopic (exact) mass is 358 g/mol. The standard InChI is InChI=1S/C23H18O4/c1-26-17-12-10-15(11-13-17)14-18-22(25)21-19(24)8-5-9-20(21)27-23(18)16-6-3-2-4-7-16/h2-14,23-24H,1H3. The molecule has 0 saturated heterocycles. The maximum atomic E-state index is 13.2. The molecule has 0 fully saturated rings. The third-order valence-electron chi connectivity index (χ3n) is 4.56. The molecule has 134 valence electrons. The molecule has 4 nitrogen and oxygen atoms in total. The van der Waals surface area contributed by atoms with E-state index >= 15 is 0 Å². The molecule has 1 unspecified atom stereocenters. The fraction of sp³-hybridized carbons (Fsp3) is 0.0870. The molecular formula is C23H18O4. The van der Waals surface area contributed by atoms with Crippen LogP contribution in [-0.4, -0.2) is 18.0 Å². The predicted octanol–water partition coefficient (Wildman–Crippen LogP) is 4.80. The van der Waals surface area contributed by atoms with E-state index in [1.54, 1.807) is 25.3 Å². The average Bonchev–Trinajstić information content (AvgIpc) is 2.71. The van der Waals surface area contributed by atoms with Crippen molar-refractivity contribution < 1.29 is 19.4 Å². The lowest BCUT2D eigenvalue weighted by molar-refractivity contribution is 0.0959. The Kier molecular flexibility index (Phi) is 4.38. The number of carbonyl (C=O) groups is 1. The quantitative estimate of drug-likeness (QED) is 0.683. The van der Waals surface area contributed by atoms with Crippen molar-refractivity contribution in [3.63, 3.8) is 0 Å². The van der Waals surface area contributed by atoms with Gasteiger partial charge in [0, 0.05) is 5.57 Å². The third-order valence-corrected chi connectivity index (χ3v) is 4.56. The molecule has 0 radical (unpaired) electrons. The lowest BCUT2D eigenvalue weighted by atomic mass is 9.89. The Balaban J connectivity index is 1.85. The maximum absolute atomic E-state index is 13.2. The SMILES string of the molecule is COc1ccc(C=C2C(=O)c3c(O)cccc3OC2c2ccccc2)cc1. The molecule has 0 saturated carbocycles. The number of aromatic hydroxyl groups is 1. The molecule has 0 aliphatic carbocycles. The largest absolute Gasteiger partial charge is 0.507 e. The number of carbonyl (C=O) groups excluding carboxylic acids is 1. The summed E-state index contributed by atoms with van der Waals surface area (Å²) in [5.74, 6) is 0.815. The highest BCUT2D eigenvalue weighted by atomic mass is 16.5. The fourth-order valence-electron chi connectivity index (χ4n) is 3.20. The van der Waals surface area contributed by atoms with E-state index in [4.69, 9.17) is 9.47 Å². The molecule has 0 spiro atoms. The number of benzene rings is 3. The van der Waals surface area contributed by atoms with Crippen LogP contribution < -0.4 is 9.47 Å². The van der Waals surface area contributed by atoms with Crippen LogP contribution in [0.2, 0.25) is 0 Å². The Labute approximate surface area is 157 Å². The van der Waals surface area contributed by atoms with Gasteiger partial charge in [-0.25, -0.2) is 0 Å². The first-order valence-corrected chi connectivity index (χ1v) is 8.61. The minimum absolute atomic E-state index is 0.0790. The van der Waals surface area contributed by atoms with E-state index in [0.717, 1.165) is 16.9 Å². The zero-order chi connectivity index (χ0) is 18.8. The average molecular weight is 358 g/mol. The first kappa shape index (κ1) is 16.9. The van der Waals surface area contributed by atoms with Crippen molar-refractivity contribution in [2.75, 3.05) is 7.11 Å². The number of fused-ring (bicyclic) bond motifs is 1. The van der Waals surface area contributed by atoms with E-state index < -0.39 is 6.10 Å². The number of ketones is 1. The first-order valence-electron chi connectivity index (χ1n) is 8.61. The Morgan fingerprint density at radius 2 is 1.70 bits per heavy atom. The van der Waals surface area contributed by atoms with Gasteiger partial charge in [0.05, 0.1) is 7.11 Å². The van der Waals surface area contributed by atoms with Gasteiger partial charge in [-0.05, 0) is 41.5 Å². The molecule has 3 aromatic carbocycles. The summed E-state index contributed by atoms with van der Waals surface area (Å²) in [6, 6.07) is 21.9. The van der Waals surface area contributed by atoms with E-state index in [1.165, 1.54) is 6.07 Å². The minimum atomic E-state index is -0.546. The highest BCUT2D eigenvalue weighted by Crippen LogP contribution is 2.42. The van der Waals surface area contributed by atoms with Crippen molar-refractivity contribution in [2.24, 2.45) is 0 Å². The Morgan fingerprint density at radius 3 is 2.41 bits per heavy atom. The number of Topliss-reactive ketones (excluding diaryl/α,β-unsaturated/α-hetero) is 1. The van der Waals surface area contributed by atoms with Crippen LogP contribution in [0, 0.1) is 0 Å². The second-order valence-corrected chi connectivity index (χ2v) is 6.26. The lowest BCUT2D eigenvalue weighted by Crippen LogP contribution is -2.23. The van der Waals surface area contributed by atoms with Gasteiger partial charge >= 0.3 is 0 Å². The van der Waals surface area contributed by atoms with Gasteiger partial charge in [0.15, 0.2) is 6.10 Å². The summed E-state index contributed by atoms with van der Waals surface area (Å²) in [7, 11) is 1.61. The summed E-state index contributed by atoms with van der Waals surface area (Å²) in [4.78, 5) is 13.2. The highest BCUT2D eigenvalue weighted by Gasteiger charge is 2.34. The summed E-state index contributed by atoms with van der Waals surface area (Å²) >= 11 is 0. The molecule has 1 atom stereocenters. The highest BCUT2D eigenvalue weighted by molar-refractivity contribution is 6.16. The number of hydrogen-bond acceptors (Lipinski definition) is 4. The summed E-state index contributed by atoms with van der Waals surface area (Å²) in [6.07, 6.45) is 1.25. The Hall–Kier alpha value is -3.53. The summed E-state index contributed by atoms with van der Waals surface area (Å²) in [5, 5.41) is 10.2. The van der Waals surface area contributed by atoms with Gasteiger partial charge in [-0.3, -0.25) is 4.79 Å². The van der Waals surface area contributed by atoms with Crippen LogP contribution in [0.3, 0.4) is 0 Å². The van der Waals surface area contributed by atoms with Gasteiger partial charge in [-0.15, -0.1) is 0 Å². The van der Waals surface area contributed by atoms with Gasteiger partial charge in [0.1, 0.15) is 22.8 Å². The first-order chi connectivity index (χ1) is 13.2. The van der Waals surface area contributed by atoms with Crippen LogP contribution in [0.4, 0.5) is 0 Å². The number of ether oxygens (including phenoxy) is 2. The number of methoxy groups -OCH3 is 1. The number of hydrogen-bond donors (Lipinski definition) is 1. The van der Waals surface area contributed by atoms with Crippen molar-refractivity contribution in [1.82, 2.24) is 0 Å². The molecule has 0 amide bonds. The fourth-order valence-corrected chi connectivity index (χ4v) is 3.20. The number of phenolic OH excluding ortho intramolecular Hbond substituents is 1. The van der Waals surface area contributed by atoms with Crippen molar-refractivity contribution in [2.45, 2.75) is 6.10 Å². The Bertz CT molecular complexity index is 1000. The van der Waals surface area contributed by atoms with E-state index in [9.17, 15) is 9.90 Å². The topological polar surface area (TPSA) is 55.8 Å². The zero-order valence-electron chi connectivity index (χ0n) is 14.8. The van der Waals surface area contributed by atoms with Crippen molar-refractivity contribution in [3.05, 3.63) is 95.1 Å². The molecule has 1 aliphatic heterocycles. The predicted molar refractivity (Wildman–Crippen MR) is 103 cm³/mol. The molecule has 4 heteroatoms. The van der Waals surface area contributed by atoms with Crippen molar-refractivity contribution in [3.8, 4) is 17.2 Å². The van der Waals surface area contributed by atoms with Crippen LogP contribution >= 0.6 is 0 Å². The van der Waals surface area contributed by atoms with E-state index in [0.29, 0.717) is 11.3 Å². The third kappa shape index (κ3) is 3.17. The van der Waals surface area contributed by atoms with Gasteiger partial charge < -0.3 is 14.6 Å². The minimum Gasteiger partial charge on any atom is -0.507 e. The van der Waals surface area contributed by atoms with Crippen molar-refractivity contribution in [1.29, 1.82) is 0 Å². The molecule has 1 heterocycles. The number of phenols is 1. The zero-order valence-corrected chi connectivity index (χ0v) is 14.8. The molecule has 1 N–H and O–H groups in total. The van der Waals surface area contributed by atoms with Crippen LogP contribution in [0.1, 0.15) is 27.6 Å². The van der Waals surface area contributed by atoms with Crippen LogP contribution in [0.5, 0.6) is 17.2 Å². The molecule has 4 rings (SSSR count). The second-order valence-electron chi connectivity index (χ2n) is 6.26. The van der Waals surface area contributed by atoms with E-state index in [2.05, 4.69) is 0 Å². The smallest absolute Gasteiger partial charge is 0.200 e. The normalized spacial score (nSPS) is 17.3. The van der Waals surface area contributed by atoms with Crippen LogP contribution in [-0.2, 0) is 0 Å². The van der Waals surface area contributed by atoms with E-state index in [1.807, 2.05) is 54.6 Å². The molecule has 0 bridgehead atoms. The summed E-state index contributed by atoms with van der Waals surface area (Å²) < 4.78 is 11.3. The van der Waals surface area contributed by atoms with Gasteiger partial charge in [-0.1, -0.05) is 48.5 Å². The van der Waals surface area contributed by atoms with Gasteiger partial charge in [-0.2, -0.15) is 0 Å². The molecule has 27 heavy (non-hydrogen) atoms. The molecular weight excluding hydrogens is 340 g/mol. The second kappa shape index (κ2) is 7.00. The van der Waals surface area contributed by atoms with Gasteiger partial charge in [0.25, 0.3) is 0 Å². The van der Waals surface area contributed by atoms with Gasteiger partial charge in [0.2, 0.25) is 5.78 Å². The summed E-state index contributed by atoms with van der Waals surface area (Å²) in [6.45, 7) is 0.